The summed E-state index contributed by atoms with van der Waals surface area (Å²) in [6, 6.07) is 18.4. The van der Waals surface area contributed by atoms with Crippen molar-refractivity contribution < 1.29 is 32.7 Å². The van der Waals surface area contributed by atoms with E-state index in [1.165, 1.54) is 34.1 Å². The van der Waals surface area contributed by atoms with Crippen LogP contribution >= 0.6 is 0 Å². The van der Waals surface area contributed by atoms with Crippen LogP contribution in [-0.2, 0) is 27.8 Å². The molecule has 3 aromatic rings. The highest BCUT2D eigenvalue weighted by Gasteiger charge is 2.25. The molecule has 3 amide bonds. The largest absolute Gasteiger partial charge is 0.454 e. The van der Waals surface area contributed by atoms with Crippen molar-refractivity contribution in [2.75, 3.05) is 25.2 Å². The summed E-state index contributed by atoms with van der Waals surface area (Å²) < 4.78 is 38.7. The van der Waals surface area contributed by atoms with Crippen LogP contribution in [0.2, 0.25) is 0 Å². The van der Waals surface area contributed by atoms with Gasteiger partial charge in [0.25, 0.3) is 0 Å². The summed E-state index contributed by atoms with van der Waals surface area (Å²) in [6.07, 6.45) is 0.252. The van der Waals surface area contributed by atoms with Crippen LogP contribution in [0, 0.1) is 6.92 Å². The van der Waals surface area contributed by atoms with Gasteiger partial charge < -0.3 is 20.1 Å². The number of ether oxygens (including phenoxy) is 2. The predicted octanol–water partition coefficient (Wildman–Crippen LogP) is 3.17. The summed E-state index contributed by atoms with van der Waals surface area (Å²) in [6.45, 7) is 2.41. The summed E-state index contributed by atoms with van der Waals surface area (Å²) in [7, 11) is -3.96. The second-order valence-corrected chi connectivity index (χ2v) is 10.8. The van der Waals surface area contributed by atoms with Gasteiger partial charge in [-0.25, -0.2) is 18.7 Å². The zero-order valence-electron chi connectivity index (χ0n) is 21.3. The summed E-state index contributed by atoms with van der Waals surface area (Å²) >= 11 is 0. The van der Waals surface area contributed by atoms with Gasteiger partial charge in [0, 0.05) is 31.7 Å². The van der Waals surface area contributed by atoms with Gasteiger partial charge in [-0.3, -0.25) is 10.0 Å². The van der Waals surface area contributed by atoms with Crippen molar-refractivity contribution in [3.8, 4) is 11.5 Å². The fourth-order valence-corrected chi connectivity index (χ4v) is 5.48. The number of nitrogens with one attached hydrogen (secondary N) is 3. The molecule has 0 spiro atoms. The number of rotatable bonds is 11. The lowest BCUT2D eigenvalue weighted by atomic mass is 10.1. The highest BCUT2D eigenvalue weighted by molar-refractivity contribution is 7.89. The summed E-state index contributed by atoms with van der Waals surface area (Å²) in [4.78, 5) is 24.0. The Morgan fingerprint density at radius 3 is 2.46 bits per heavy atom. The van der Waals surface area contributed by atoms with E-state index < -0.39 is 22.0 Å². The lowest BCUT2D eigenvalue weighted by Gasteiger charge is -2.22. The minimum Gasteiger partial charge on any atom is -0.454 e. The van der Waals surface area contributed by atoms with Gasteiger partial charge in [0.1, 0.15) is 0 Å². The van der Waals surface area contributed by atoms with E-state index in [-0.39, 0.29) is 37.7 Å². The maximum absolute atomic E-state index is 13.4. The minimum absolute atomic E-state index is 0.0167. The first kappa shape index (κ1) is 27.9. The van der Waals surface area contributed by atoms with Gasteiger partial charge in [-0.1, -0.05) is 30.3 Å². The molecule has 4 rings (SSSR count). The quantitative estimate of drug-likeness (QED) is 0.210. The molecule has 0 unspecified atom stereocenters. The molecule has 0 aliphatic carbocycles. The number of nitrogens with zero attached hydrogens (tertiary/aromatic N) is 1. The number of carbonyl (C=O) groups is 2. The fraction of sp³-hybridized carbons (Fsp3) is 0.259. The Morgan fingerprint density at radius 1 is 0.974 bits per heavy atom. The van der Waals surface area contributed by atoms with E-state index in [1.807, 2.05) is 37.3 Å². The number of amides is 3. The molecule has 1 aliphatic heterocycles. The SMILES string of the molecule is Cc1ccccc1CCN(CCC(=O)NO)S(=O)(=O)c1ccc(NC(=O)NCc2ccc3c(c2)OCO3)cc1. The van der Waals surface area contributed by atoms with Gasteiger partial charge in [-0.2, -0.15) is 4.31 Å². The zero-order valence-corrected chi connectivity index (χ0v) is 22.2. The molecule has 0 aromatic heterocycles. The molecule has 12 heteroatoms. The Kier molecular flexibility index (Phi) is 9.02. The highest BCUT2D eigenvalue weighted by atomic mass is 32.2. The number of hydroxylamine groups is 1. The topological polar surface area (TPSA) is 146 Å². The summed E-state index contributed by atoms with van der Waals surface area (Å²) in [5.41, 5.74) is 4.80. The molecule has 4 N–H and O–H groups in total. The van der Waals surface area contributed by atoms with Crippen LogP contribution < -0.4 is 25.6 Å². The van der Waals surface area contributed by atoms with Crippen molar-refractivity contribution in [1.82, 2.24) is 15.1 Å². The van der Waals surface area contributed by atoms with Crippen molar-refractivity contribution >= 4 is 27.6 Å². The lowest BCUT2D eigenvalue weighted by Crippen LogP contribution is -2.36. The third-order valence-corrected chi connectivity index (χ3v) is 8.16. The average Bonchev–Trinajstić information content (AvgIpc) is 3.41. The van der Waals surface area contributed by atoms with Crippen LogP contribution in [0.1, 0.15) is 23.1 Å². The van der Waals surface area contributed by atoms with E-state index in [1.54, 1.807) is 12.1 Å². The first-order valence-electron chi connectivity index (χ1n) is 12.3. The Labute approximate surface area is 226 Å². The molecule has 3 aromatic carbocycles. The number of aryl methyl sites for hydroxylation is 1. The maximum atomic E-state index is 13.4. The fourth-order valence-electron chi connectivity index (χ4n) is 4.04. The number of anilines is 1. The summed E-state index contributed by atoms with van der Waals surface area (Å²) in [5, 5.41) is 14.3. The van der Waals surface area contributed by atoms with Gasteiger partial charge in [0.15, 0.2) is 11.5 Å². The van der Waals surface area contributed by atoms with Crippen LogP contribution in [0.25, 0.3) is 0 Å². The standard InChI is InChI=1S/C27H30N4O7S/c1-19-4-2-3-5-21(19)12-14-31(15-13-26(32)30-34)39(35,36)23-9-7-22(8-10-23)29-27(33)28-17-20-6-11-24-25(16-20)38-18-37-24/h2-11,16,34H,12-15,17-18H2,1H3,(H,30,32)(H2,28,29,33). The van der Waals surface area contributed by atoms with Crippen LogP contribution in [0.5, 0.6) is 11.5 Å². The molecule has 1 aliphatic rings. The normalized spacial score (nSPS) is 12.3. The second kappa shape index (κ2) is 12.6. The van der Waals surface area contributed by atoms with Crippen molar-refractivity contribution in [3.05, 3.63) is 83.4 Å². The molecule has 11 nitrogen and oxygen atoms in total. The third-order valence-electron chi connectivity index (χ3n) is 6.24. The highest BCUT2D eigenvalue weighted by Crippen LogP contribution is 2.32. The number of fused-ring (bicyclic) bond motifs is 1. The van der Waals surface area contributed by atoms with Gasteiger partial charge in [0.2, 0.25) is 22.7 Å². The van der Waals surface area contributed by atoms with E-state index in [4.69, 9.17) is 14.7 Å². The van der Waals surface area contributed by atoms with Crippen LogP contribution in [0.4, 0.5) is 10.5 Å². The van der Waals surface area contributed by atoms with Crippen LogP contribution in [-0.4, -0.2) is 49.8 Å². The van der Waals surface area contributed by atoms with E-state index in [0.717, 1.165) is 16.7 Å². The molecule has 0 bridgehead atoms. The number of hydrogen-bond donors (Lipinski definition) is 4. The van der Waals surface area contributed by atoms with E-state index in [0.29, 0.717) is 23.6 Å². The first-order valence-corrected chi connectivity index (χ1v) is 13.7. The minimum atomic E-state index is -3.96. The van der Waals surface area contributed by atoms with Gasteiger partial charge in [-0.15, -0.1) is 0 Å². The number of carbonyl (C=O) groups excluding carboxylic acids is 2. The summed E-state index contributed by atoms with van der Waals surface area (Å²) in [5.74, 6) is 0.595. The molecule has 0 radical (unpaired) electrons. The van der Waals surface area contributed by atoms with Crippen LogP contribution in [0.15, 0.2) is 71.6 Å². The van der Waals surface area contributed by atoms with Crippen LogP contribution in [0.3, 0.4) is 0 Å². The van der Waals surface area contributed by atoms with Crippen molar-refractivity contribution in [1.29, 1.82) is 0 Å². The molecule has 0 fully saturated rings. The number of sulfonamides is 1. The van der Waals surface area contributed by atoms with Gasteiger partial charge in [-0.05, 0) is 66.4 Å². The Bertz CT molecular complexity index is 1430. The molecule has 0 atom stereocenters. The predicted molar refractivity (Wildman–Crippen MR) is 143 cm³/mol. The Hall–Kier alpha value is -4.13. The maximum Gasteiger partial charge on any atom is 0.319 e. The lowest BCUT2D eigenvalue weighted by molar-refractivity contribution is -0.129. The molecular weight excluding hydrogens is 524 g/mol. The van der Waals surface area contributed by atoms with E-state index in [2.05, 4.69) is 10.6 Å². The Morgan fingerprint density at radius 2 is 1.72 bits per heavy atom. The molecule has 0 saturated heterocycles. The molecule has 206 valence electrons. The smallest absolute Gasteiger partial charge is 0.319 e. The monoisotopic (exact) mass is 554 g/mol. The molecule has 1 heterocycles. The van der Waals surface area contributed by atoms with Crippen molar-refractivity contribution in [3.63, 3.8) is 0 Å². The first-order chi connectivity index (χ1) is 18.8. The van der Waals surface area contributed by atoms with Gasteiger partial charge >= 0.3 is 6.03 Å². The van der Waals surface area contributed by atoms with Gasteiger partial charge in [0.05, 0.1) is 4.90 Å². The van der Waals surface area contributed by atoms with E-state index >= 15 is 0 Å². The van der Waals surface area contributed by atoms with Crippen molar-refractivity contribution in [2.24, 2.45) is 0 Å². The number of benzene rings is 3. The number of urea groups is 1. The average molecular weight is 555 g/mol. The number of hydrogen-bond acceptors (Lipinski definition) is 7. The zero-order chi connectivity index (χ0) is 27.8. The third kappa shape index (κ3) is 7.25. The molecule has 0 saturated carbocycles. The molecular formula is C27H30N4O7S. The second-order valence-electron chi connectivity index (χ2n) is 8.89. The van der Waals surface area contributed by atoms with E-state index in [9.17, 15) is 18.0 Å². The molecule has 39 heavy (non-hydrogen) atoms. The van der Waals surface area contributed by atoms with Crippen molar-refractivity contribution in [2.45, 2.75) is 31.2 Å². The Balaban J connectivity index is 1.38.